The van der Waals surface area contributed by atoms with Crippen molar-refractivity contribution in [2.24, 2.45) is 0 Å². The van der Waals surface area contributed by atoms with Gasteiger partial charge in [-0.1, -0.05) is 0 Å². The van der Waals surface area contributed by atoms with Crippen LogP contribution in [0.15, 0.2) is 11.6 Å². The molecule has 2 atom stereocenters. The van der Waals surface area contributed by atoms with Crippen LogP contribution in [0.2, 0.25) is 0 Å². The molecule has 1 saturated heterocycles. The summed E-state index contributed by atoms with van der Waals surface area (Å²) in [5.74, 6) is 0. The highest BCUT2D eigenvalue weighted by molar-refractivity contribution is 7.13. The van der Waals surface area contributed by atoms with Crippen LogP contribution in [0, 0.1) is 0 Å². The number of likely N-dealkylation sites (tertiary alicyclic amines) is 1. The van der Waals surface area contributed by atoms with Gasteiger partial charge in [0.15, 0.2) is 5.13 Å². The monoisotopic (exact) mass is 223 g/mol. The molecule has 2 aliphatic rings. The number of hydrogen-bond donors (Lipinski definition) is 1. The summed E-state index contributed by atoms with van der Waals surface area (Å²) in [5.41, 5.74) is 0. The number of hydrogen-bond acceptors (Lipinski definition) is 4. The lowest BCUT2D eigenvalue weighted by Crippen LogP contribution is -2.30. The van der Waals surface area contributed by atoms with Crippen molar-refractivity contribution in [1.82, 2.24) is 9.88 Å². The molecule has 0 radical (unpaired) electrons. The average Bonchev–Trinajstić information content (AvgIpc) is 2.81. The van der Waals surface area contributed by atoms with Gasteiger partial charge in [0.2, 0.25) is 0 Å². The molecule has 2 heterocycles. The maximum absolute atomic E-state index is 4.28. The van der Waals surface area contributed by atoms with Crippen molar-refractivity contribution < 1.29 is 0 Å². The molecule has 0 aromatic carbocycles. The van der Waals surface area contributed by atoms with Gasteiger partial charge >= 0.3 is 0 Å². The van der Waals surface area contributed by atoms with E-state index in [0.29, 0.717) is 6.04 Å². The van der Waals surface area contributed by atoms with E-state index in [1.807, 2.05) is 11.6 Å². The van der Waals surface area contributed by atoms with Gasteiger partial charge in [0, 0.05) is 36.2 Å². The predicted molar refractivity (Wildman–Crippen MR) is 63.3 cm³/mol. The maximum atomic E-state index is 4.28. The maximum Gasteiger partial charge on any atom is 0.182 e. The molecule has 1 saturated carbocycles. The van der Waals surface area contributed by atoms with Crippen LogP contribution >= 0.6 is 11.3 Å². The first-order valence-electron chi connectivity index (χ1n) is 5.74. The van der Waals surface area contributed by atoms with Crippen molar-refractivity contribution in [3.05, 3.63) is 11.6 Å². The van der Waals surface area contributed by atoms with Gasteiger partial charge in [0.25, 0.3) is 0 Å². The summed E-state index contributed by atoms with van der Waals surface area (Å²) < 4.78 is 0. The van der Waals surface area contributed by atoms with Crippen molar-refractivity contribution >= 4 is 16.5 Å². The molecule has 2 unspecified atom stereocenters. The molecule has 0 amide bonds. The Morgan fingerprint density at radius 3 is 3.07 bits per heavy atom. The van der Waals surface area contributed by atoms with Crippen molar-refractivity contribution in [1.29, 1.82) is 0 Å². The molecular weight excluding hydrogens is 206 g/mol. The smallest absolute Gasteiger partial charge is 0.182 e. The third-order valence-corrected chi connectivity index (χ3v) is 4.10. The lowest BCUT2D eigenvalue weighted by atomic mass is 10.2. The summed E-state index contributed by atoms with van der Waals surface area (Å²) in [5, 5.41) is 6.63. The molecule has 4 heteroatoms. The third-order valence-electron chi connectivity index (χ3n) is 3.40. The first kappa shape index (κ1) is 9.60. The van der Waals surface area contributed by atoms with Gasteiger partial charge in [0.05, 0.1) is 0 Å². The molecule has 1 aromatic rings. The van der Waals surface area contributed by atoms with E-state index in [9.17, 15) is 0 Å². The molecule has 0 spiro atoms. The quantitative estimate of drug-likeness (QED) is 0.851. The molecule has 1 aliphatic heterocycles. The van der Waals surface area contributed by atoms with Crippen LogP contribution in [0.5, 0.6) is 0 Å². The fourth-order valence-corrected chi connectivity index (χ4v) is 3.15. The Kier molecular flexibility index (Phi) is 2.41. The molecule has 3 nitrogen and oxygen atoms in total. The molecule has 82 valence electrons. The number of anilines is 1. The van der Waals surface area contributed by atoms with Gasteiger partial charge in [-0.05, 0) is 26.2 Å². The number of rotatable bonds is 3. The zero-order valence-electron chi connectivity index (χ0n) is 9.02. The Hall–Kier alpha value is -0.610. The largest absolute Gasteiger partial charge is 0.357 e. The van der Waals surface area contributed by atoms with Crippen LogP contribution in [-0.4, -0.2) is 34.6 Å². The van der Waals surface area contributed by atoms with Gasteiger partial charge in [-0.3, -0.25) is 4.90 Å². The van der Waals surface area contributed by atoms with E-state index in [1.54, 1.807) is 11.3 Å². The lowest BCUT2D eigenvalue weighted by Gasteiger charge is -2.19. The second kappa shape index (κ2) is 3.76. The summed E-state index contributed by atoms with van der Waals surface area (Å²) in [6.07, 6.45) is 5.95. The van der Waals surface area contributed by atoms with E-state index in [-0.39, 0.29) is 0 Å². The second-order valence-corrected chi connectivity index (χ2v) is 5.59. The predicted octanol–water partition coefficient (Wildman–Crippen LogP) is 2.18. The fourth-order valence-electron chi connectivity index (χ4n) is 2.55. The van der Waals surface area contributed by atoms with Gasteiger partial charge in [-0.25, -0.2) is 4.98 Å². The highest BCUT2D eigenvalue weighted by atomic mass is 32.1. The Labute approximate surface area is 94.5 Å². The minimum Gasteiger partial charge on any atom is -0.357 e. The van der Waals surface area contributed by atoms with Crippen LogP contribution < -0.4 is 5.32 Å². The molecular formula is C11H17N3S. The van der Waals surface area contributed by atoms with Crippen LogP contribution in [0.25, 0.3) is 0 Å². The number of nitrogens with one attached hydrogen (secondary N) is 1. The van der Waals surface area contributed by atoms with E-state index in [2.05, 4.69) is 22.1 Å². The standard InChI is InChI=1S/C11H17N3S/c1-8-6-9(7-14(8)10-2-3-10)13-11-12-4-5-15-11/h4-5,8-10H,2-3,6-7H2,1H3,(H,12,13). The molecule has 2 fully saturated rings. The van der Waals surface area contributed by atoms with E-state index >= 15 is 0 Å². The first-order chi connectivity index (χ1) is 7.33. The lowest BCUT2D eigenvalue weighted by molar-refractivity contribution is 0.257. The molecule has 1 aromatic heterocycles. The zero-order chi connectivity index (χ0) is 10.3. The zero-order valence-corrected chi connectivity index (χ0v) is 9.83. The highest BCUT2D eigenvalue weighted by Gasteiger charge is 2.38. The first-order valence-corrected chi connectivity index (χ1v) is 6.62. The van der Waals surface area contributed by atoms with Gasteiger partial charge in [-0.2, -0.15) is 0 Å². The minimum atomic E-state index is 0.603. The SMILES string of the molecule is CC1CC(Nc2nccs2)CN1C1CC1. The van der Waals surface area contributed by atoms with Gasteiger partial charge < -0.3 is 5.32 Å². The molecule has 15 heavy (non-hydrogen) atoms. The minimum absolute atomic E-state index is 0.603. The summed E-state index contributed by atoms with van der Waals surface area (Å²) in [4.78, 5) is 6.94. The normalized spacial score (nSPS) is 32.1. The summed E-state index contributed by atoms with van der Waals surface area (Å²) in [6.45, 7) is 3.55. The molecule has 1 aliphatic carbocycles. The second-order valence-electron chi connectivity index (χ2n) is 4.69. The molecule has 1 N–H and O–H groups in total. The van der Waals surface area contributed by atoms with Gasteiger partial charge in [0.1, 0.15) is 0 Å². The van der Waals surface area contributed by atoms with E-state index in [0.717, 1.165) is 17.2 Å². The summed E-state index contributed by atoms with van der Waals surface area (Å²) >= 11 is 1.70. The Bertz CT molecular complexity index is 321. The van der Waals surface area contributed by atoms with Crippen molar-refractivity contribution in [2.45, 2.75) is 44.3 Å². The van der Waals surface area contributed by atoms with Crippen molar-refractivity contribution in [3.8, 4) is 0 Å². The number of thiazole rings is 1. The molecule has 3 rings (SSSR count). The van der Waals surface area contributed by atoms with E-state index in [1.165, 1.54) is 25.8 Å². The highest BCUT2D eigenvalue weighted by Crippen LogP contribution is 2.34. The number of aromatic nitrogens is 1. The topological polar surface area (TPSA) is 28.2 Å². The Morgan fingerprint density at radius 1 is 1.53 bits per heavy atom. The van der Waals surface area contributed by atoms with E-state index < -0.39 is 0 Å². The molecule has 0 bridgehead atoms. The third kappa shape index (κ3) is 2.01. The summed E-state index contributed by atoms with van der Waals surface area (Å²) in [6, 6.07) is 2.24. The van der Waals surface area contributed by atoms with Gasteiger partial charge in [-0.15, -0.1) is 11.3 Å². The Balaban J connectivity index is 1.60. The van der Waals surface area contributed by atoms with Crippen LogP contribution in [0.1, 0.15) is 26.2 Å². The van der Waals surface area contributed by atoms with Crippen LogP contribution in [-0.2, 0) is 0 Å². The van der Waals surface area contributed by atoms with E-state index in [4.69, 9.17) is 0 Å². The Morgan fingerprint density at radius 2 is 2.40 bits per heavy atom. The fraction of sp³-hybridized carbons (Fsp3) is 0.727. The van der Waals surface area contributed by atoms with Crippen molar-refractivity contribution in [2.75, 3.05) is 11.9 Å². The summed E-state index contributed by atoms with van der Waals surface area (Å²) in [7, 11) is 0. The van der Waals surface area contributed by atoms with Crippen LogP contribution in [0.3, 0.4) is 0 Å². The number of nitrogens with zero attached hydrogens (tertiary/aromatic N) is 2. The van der Waals surface area contributed by atoms with Crippen molar-refractivity contribution in [3.63, 3.8) is 0 Å². The van der Waals surface area contributed by atoms with Crippen LogP contribution in [0.4, 0.5) is 5.13 Å². The average molecular weight is 223 g/mol.